The van der Waals surface area contributed by atoms with Gasteiger partial charge in [0.2, 0.25) is 0 Å². The van der Waals surface area contributed by atoms with Crippen molar-refractivity contribution in [1.29, 1.82) is 0 Å². The van der Waals surface area contributed by atoms with Crippen LogP contribution in [0.1, 0.15) is 0 Å². The van der Waals surface area contributed by atoms with Crippen LogP contribution in [-0.4, -0.2) is 22.0 Å². The van der Waals surface area contributed by atoms with E-state index in [0.29, 0.717) is 11.4 Å². The van der Waals surface area contributed by atoms with Crippen LogP contribution in [0.3, 0.4) is 0 Å². The van der Waals surface area contributed by atoms with E-state index in [1.54, 1.807) is 24.5 Å². The molecular weight excluding hydrogens is 222 g/mol. The summed E-state index contributed by atoms with van der Waals surface area (Å²) in [6.07, 6.45) is 3.16. The number of nitro groups is 1. The van der Waals surface area contributed by atoms with Crippen molar-refractivity contribution in [2.75, 3.05) is 7.11 Å². The SMILES string of the molecule is COc1ccc(-c2ncccn2)cc1[N+](=O)[O-]. The van der Waals surface area contributed by atoms with Crippen LogP contribution in [0.2, 0.25) is 0 Å². The van der Waals surface area contributed by atoms with Crippen LogP contribution in [0.5, 0.6) is 5.75 Å². The third kappa shape index (κ3) is 2.20. The van der Waals surface area contributed by atoms with Crippen LogP contribution in [-0.2, 0) is 0 Å². The van der Waals surface area contributed by atoms with Crippen LogP contribution >= 0.6 is 0 Å². The number of methoxy groups -OCH3 is 1. The van der Waals surface area contributed by atoms with Gasteiger partial charge in [0.05, 0.1) is 12.0 Å². The van der Waals surface area contributed by atoms with Gasteiger partial charge in [-0.1, -0.05) is 0 Å². The molecule has 0 saturated heterocycles. The molecule has 0 atom stereocenters. The molecule has 2 aromatic rings. The maximum Gasteiger partial charge on any atom is 0.311 e. The normalized spacial score (nSPS) is 9.94. The monoisotopic (exact) mass is 231 g/mol. The van der Waals surface area contributed by atoms with E-state index in [2.05, 4.69) is 9.97 Å². The van der Waals surface area contributed by atoms with E-state index in [1.807, 2.05) is 0 Å². The van der Waals surface area contributed by atoms with Crippen molar-refractivity contribution in [3.8, 4) is 17.1 Å². The molecule has 0 N–H and O–H groups in total. The second-order valence-electron chi connectivity index (χ2n) is 3.22. The van der Waals surface area contributed by atoms with Gasteiger partial charge in [-0.25, -0.2) is 9.97 Å². The lowest BCUT2D eigenvalue weighted by atomic mass is 10.1. The van der Waals surface area contributed by atoms with Gasteiger partial charge in [-0.2, -0.15) is 0 Å². The number of benzene rings is 1. The fraction of sp³-hybridized carbons (Fsp3) is 0.0909. The molecule has 6 nitrogen and oxygen atoms in total. The number of ether oxygens (including phenoxy) is 1. The van der Waals surface area contributed by atoms with E-state index in [1.165, 1.54) is 19.2 Å². The lowest BCUT2D eigenvalue weighted by molar-refractivity contribution is -0.385. The summed E-state index contributed by atoms with van der Waals surface area (Å²) < 4.78 is 4.92. The van der Waals surface area contributed by atoms with E-state index < -0.39 is 4.92 Å². The van der Waals surface area contributed by atoms with Gasteiger partial charge >= 0.3 is 5.69 Å². The van der Waals surface area contributed by atoms with Crippen molar-refractivity contribution in [2.45, 2.75) is 0 Å². The molecule has 1 aromatic heterocycles. The topological polar surface area (TPSA) is 78.2 Å². The third-order valence-corrected chi connectivity index (χ3v) is 2.20. The fourth-order valence-electron chi connectivity index (χ4n) is 1.42. The summed E-state index contributed by atoms with van der Waals surface area (Å²) >= 11 is 0. The molecule has 2 rings (SSSR count). The molecular formula is C11H9N3O3. The number of aromatic nitrogens is 2. The number of hydrogen-bond donors (Lipinski definition) is 0. The summed E-state index contributed by atoms with van der Waals surface area (Å²) in [5.74, 6) is 0.660. The summed E-state index contributed by atoms with van der Waals surface area (Å²) in [5.41, 5.74) is 0.482. The predicted molar refractivity (Wildman–Crippen MR) is 60.7 cm³/mol. The molecule has 86 valence electrons. The van der Waals surface area contributed by atoms with Crippen molar-refractivity contribution in [2.24, 2.45) is 0 Å². The van der Waals surface area contributed by atoms with Gasteiger partial charge in [-0.15, -0.1) is 0 Å². The Morgan fingerprint density at radius 2 is 2.00 bits per heavy atom. The molecule has 0 radical (unpaired) electrons. The smallest absolute Gasteiger partial charge is 0.311 e. The molecule has 0 aliphatic rings. The van der Waals surface area contributed by atoms with Gasteiger partial charge in [0, 0.05) is 24.0 Å². The first-order valence-electron chi connectivity index (χ1n) is 4.82. The highest BCUT2D eigenvalue weighted by molar-refractivity contribution is 5.63. The molecule has 17 heavy (non-hydrogen) atoms. The average Bonchev–Trinajstić information content (AvgIpc) is 2.39. The van der Waals surface area contributed by atoms with Gasteiger partial charge in [-0.3, -0.25) is 10.1 Å². The molecule has 1 heterocycles. The quantitative estimate of drug-likeness (QED) is 0.596. The Hall–Kier alpha value is -2.50. The molecule has 0 fully saturated rings. The van der Waals surface area contributed by atoms with Gasteiger partial charge in [-0.05, 0) is 18.2 Å². The van der Waals surface area contributed by atoms with E-state index in [-0.39, 0.29) is 11.4 Å². The minimum Gasteiger partial charge on any atom is -0.490 e. The van der Waals surface area contributed by atoms with Crippen molar-refractivity contribution >= 4 is 5.69 Å². The van der Waals surface area contributed by atoms with Crippen LogP contribution in [0.15, 0.2) is 36.7 Å². The maximum atomic E-state index is 10.8. The average molecular weight is 231 g/mol. The molecule has 0 saturated carbocycles. The molecule has 6 heteroatoms. The number of rotatable bonds is 3. The second kappa shape index (κ2) is 4.56. The van der Waals surface area contributed by atoms with Gasteiger partial charge in [0.25, 0.3) is 0 Å². The zero-order chi connectivity index (χ0) is 12.3. The highest BCUT2D eigenvalue weighted by Gasteiger charge is 2.16. The second-order valence-corrected chi connectivity index (χ2v) is 3.22. The maximum absolute atomic E-state index is 10.8. The van der Waals surface area contributed by atoms with Gasteiger partial charge in [0.1, 0.15) is 0 Å². The zero-order valence-electron chi connectivity index (χ0n) is 9.03. The van der Waals surface area contributed by atoms with E-state index in [9.17, 15) is 10.1 Å². The van der Waals surface area contributed by atoms with Crippen LogP contribution in [0.25, 0.3) is 11.4 Å². The summed E-state index contributed by atoms with van der Waals surface area (Å²) in [7, 11) is 1.39. The molecule has 0 aliphatic heterocycles. The molecule has 0 amide bonds. The Kier molecular flexibility index (Phi) is 2.95. The number of hydrogen-bond acceptors (Lipinski definition) is 5. The van der Waals surface area contributed by atoms with Crippen molar-refractivity contribution in [3.05, 3.63) is 46.8 Å². The highest BCUT2D eigenvalue weighted by Crippen LogP contribution is 2.30. The Morgan fingerprint density at radius 3 is 2.59 bits per heavy atom. The largest absolute Gasteiger partial charge is 0.490 e. The molecule has 0 unspecified atom stereocenters. The van der Waals surface area contributed by atoms with Gasteiger partial charge < -0.3 is 4.74 Å². The lowest BCUT2D eigenvalue weighted by Crippen LogP contribution is -1.95. The number of nitro benzene ring substituents is 1. The summed E-state index contributed by atoms with van der Waals surface area (Å²) in [6.45, 7) is 0. The van der Waals surface area contributed by atoms with E-state index in [0.717, 1.165) is 0 Å². The highest BCUT2D eigenvalue weighted by atomic mass is 16.6. The Labute approximate surface area is 97.1 Å². The first kappa shape index (κ1) is 11.0. The van der Waals surface area contributed by atoms with Crippen molar-refractivity contribution < 1.29 is 9.66 Å². The third-order valence-electron chi connectivity index (χ3n) is 2.20. The van der Waals surface area contributed by atoms with E-state index in [4.69, 9.17) is 4.74 Å². The predicted octanol–water partition coefficient (Wildman–Crippen LogP) is 2.06. The van der Waals surface area contributed by atoms with Crippen molar-refractivity contribution in [1.82, 2.24) is 9.97 Å². The van der Waals surface area contributed by atoms with Gasteiger partial charge in [0.15, 0.2) is 11.6 Å². The Morgan fingerprint density at radius 1 is 1.29 bits per heavy atom. The minimum absolute atomic E-state index is 0.0996. The van der Waals surface area contributed by atoms with Crippen molar-refractivity contribution in [3.63, 3.8) is 0 Å². The zero-order valence-corrected chi connectivity index (χ0v) is 9.03. The Balaban J connectivity index is 2.51. The lowest BCUT2D eigenvalue weighted by Gasteiger charge is -2.03. The summed E-state index contributed by atoms with van der Waals surface area (Å²) in [5, 5.41) is 10.8. The summed E-state index contributed by atoms with van der Waals surface area (Å²) in [6, 6.07) is 6.29. The van der Waals surface area contributed by atoms with Crippen LogP contribution < -0.4 is 4.74 Å². The molecule has 0 spiro atoms. The summed E-state index contributed by atoms with van der Waals surface area (Å²) in [4.78, 5) is 18.4. The first-order chi connectivity index (χ1) is 8.22. The van der Waals surface area contributed by atoms with Crippen LogP contribution in [0, 0.1) is 10.1 Å². The first-order valence-corrected chi connectivity index (χ1v) is 4.82. The van der Waals surface area contributed by atoms with Crippen LogP contribution in [0.4, 0.5) is 5.69 Å². The number of nitrogens with zero attached hydrogens (tertiary/aromatic N) is 3. The fourth-order valence-corrected chi connectivity index (χ4v) is 1.42. The standard InChI is InChI=1S/C11H9N3O3/c1-17-10-4-3-8(7-9(10)14(15)16)11-12-5-2-6-13-11/h2-7H,1H3. The Bertz CT molecular complexity index is 543. The molecule has 0 aliphatic carbocycles. The van der Waals surface area contributed by atoms with E-state index >= 15 is 0 Å². The molecule has 1 aromatic carbocycles. The minimum atomic E-state index is -0.495. The molecule has 0 bridgehead atoms.